The van der Waals surface area contributed by atoms with Crippen LogP contribution in [-0.2, 0) is 114 Å². The average Bonchev–Trinajstić information content (AvgIpc) is 0.841. The first kappa shape index (κ1) is 101. The maximum Gasteiger partial charge on any atom is 0.217 e. The fourth-order valence-corrected chi connectivity index (χ4v) is 16.7. The molecular formula is C70H116N2O53. The second kappa shape index (κ2) is 43.1. The highest BCUT2D eigenvalue weighted by Crippen LogP contribution is 2.41. The van der Waals surface area contributed by atoms with Gasteiger partial charge < -0.3 is 263 Å². The molecule has 25 heterocycles. The second-order valence-electron chi connectivity index (χ2n) is 32.5. The number of aliphatic hydroxyl groups is 29. The van der Waals surface area contributed by atoms with E-state index in [4.69, 9.17) is 104 Å². The lowest BCUT2D eigenvalue weighted by Gasteiger charge is -2.50. The van der Waals surface area contributed by atoms with Crippen molar-refractivity contribution in [3.05, 3.63) is 0 Å². The monoisotopic (exact) mass is 1830 g/mol. The normalized spacial score (nSPS) is 53.5. The van der Waals surface area contributed by atoms with Gasteiger partial charge in [0.2, 0.25) is 11.8 Å². The number of carbonyl (C=O) groups is 2. The molecule has 55 heteroatoms. The fourth-order valence-electron chi connectivity index (χ4n) is 16.7. The van der Waals surface area contributed by atoms with E-state index in [1.165, 1.54) is 13.8 Å². The summed E-state index contributed by atoms with van der Waals surface area (Å²) in [5.74, 6) is -1.75. The van der Waals surface area contributed by atoms with Crippen molar-refractivity contribution < 1.29 is 262 Å². The molecule has 25 rings (SSSR count). The summed E-state index contributed by atoms with van der Waals surface area (Å²) in [5, 5.41) is 335. The molecule has 25 aliphatic heterocycles. The third kappa shape index (κ3) is 21.4. The number of nitrogens with one attached hydrogen (secondary N) is 2. The Balaban J connectivity index is 0.848. The van der Waals surface area contributed by atoms with Crippen LogP contribution in [0.2, 0.25) is 0 Å². The van der Waals surface area contributed by atoms with Gasteiger partial charge in [-0.25, -0.2) is 0 Å². The Kier molecular flexibility index (Phi) is 34.8. The Morgan fingerprint density at radius 1 is 0.216 bits per heavy atom. The highest BCUT2D eigenvalue weighted by Gasteiger charge is 2.62. The smallest absolute Gasteiger partial charge is 0.217 e. The first-order chi connectivity index (χ1) is 59.2. The lowest BCUT2D eigenvalue weighted by atomic mass is 9.95. The highest BCUT2D eigenvalue weighted by molar-refractivity contribution is 5.73. The van der Waals surface area contributed by atoms with Crippen LogP contribution in [0.1, 0.15) is 27.7 Å². The number of ether oxygens (including phenoxy) is 22. The van der Waals surface area contributed by atoms with Crippen molar-refractivity contribution in [2.24, 2.45) is 0 Å². The standard InChI is InChI=1S/C70H116N2O53/c1-14-29(80)35(86)44(95)62(108-14)106-10-23-31(82)33(84)27(71-16(3)78)60(115-23)104-12-25-58-43(94)52(103)70(118-25)123-57-22(9-77)112-66(48(99)39(57)90)121-55-20(7-75)114-68(50(101)41(55)92)125-59-26(13-105-61-28(72-17(4)79)34(85)32(83)24(116-61)11-107-63-45(96)36(87)30(81)15(2)109-63)117-69(51(102)42(59)93)122-56-21(8-76)111-65(47(98)38(56)89)119-53-18(5-73)110-64(46(97)37(53)88)120-54-19(6-74)113-67(124-58)49(100)40(54)91/h14-15,18-70,73-77,80-103H,5-13H2,1-4H3,(H,71,78)(H,72,79)/t14-,15-,18+,19+,20+,21+,22+,23+,24+,25+,26+,27+,28+,29+,30+,31+,32+,33+,34+,35+,36+,37+,38+,39+,40+,41+,42+,43+,44-,45-,46+,47+,48+,49+,50+,51+,52+,53+,54+,55+,56+,57+,58+,59+,60+,61+,62+,63+,64+,65+,66+,67+,68+,69+,70+/m0/s1. The summed E-state index contributed by atoms with van der Waals surface area (Å²) in [6.45, 7) is -5.35. The van der Waals surface area contributed by atoms with Gasteiger partial charge in [0, 0.05) is 13.8 Å². The quantitative estimate of drug-likeness (QED) is 0.0571. The zero-order chi connectivity index (χ0) is 91.2. The molecule has 14 bridgehead atoms. The Labute approximate surface area is 707 Å². The molecule has 0 aromatic carbocycles. The van der Waals surface area contributed by atoms with Crippen molar-refractivity contribution in [1.29, 1.82) is 0 Å². The van der Waals surface area contributed by atoms with Gasteiger partial charge in [0.05, 0.1) is 71.7 Å². The molecular weight excluding hydrogens is 1720 g/mol. The molecule has 0 unspecified atom stereocenters. The first-order valence-electron chi connectivity index (χ1n) is 40.3. The van der Waals surface area contributed by atoms with Crippen LogP contribution in [0.5, 0.6) is 0 Å². The molecule has 0 spiro atoms. The van der Waals surface area contributed by atoms with Crippen LogP contribution in [0.15, 0.2) is 0 Å². The van der Waals surface area contributed by atoms with Crippen molar-refractivity contribution >= 4 is 11.8 Å². The van der Waals surface area contributed by atoms with E-state index in [0.29, 0.717) is 0 Å². The van der Waals surface area contributed by atoms with E-state index in [0.717, 1.165) is 13.8 Å². The molecule has 0 radical (unpaired) electrons. The van der Waals surface area contributed by atoms with Gasteiger partial charge in [-0.1, -0.05) is 0 Å². The zero-order valence-corrected chi connectivity index (χ0v) is 66.9. The molecule has 25 saturated heterocycles. The third-order valence-corrected chi connectivity index (χ3v) is 23.9. The summed E-state index contributed by atoms with van der Waals surface area (Å²) in [6.07, 6.45) is -111. The Bertz CT molecular complexity index is 3260. The van der Waals surface area contributed by atoms with Gasteiger partial charge in [-0.2, -0.15) is 0 Å². The predicted molar refractivity (Wildman–Crippen MR) is 379 cm³/mol. The van der Waals surface area contributed by atoms with Gasteiger partial charge in [0.25, 0.3) is 0 Å². The SMILES string of the molecule is CC(=O)N[C@H]1[C@H](OC[C@H]2O[C@@H]3O[C@H]4[C@H](O)[C@@H](O)[C@@H](O[C@H]5[C@H](O)[C@@H](O)[C@@H](O[C@H]6[C@H](O)[C@@H](O)[C@@H](O[C@H]7[C@H](O)[C@@H](O)[C@@H](O[C@H]8[C@H](O)[C@@H](O)[C@@H](O[C@H]9[C@H](O)[C@@H](O)[C@@H](O[C@H]2[C@H](O)[C@H]3O)O[C@@H]9CO)O[C@@H]8CO)O[C@@H]7CO)O[C@@H]6CO[C@@H]2O[C@H](CO[C@@H]3O[C@@H](C)[C@@H](O)[C@@H](O)[C@@H]3O)[C@@H](O)[C@H](O)[C@H]2NC(C)=O)O[C@@H]5CO)O[C@@H]4CO)O[C@H](CO[C@@H]2O[C@@H](C)[C@@H](O)[C@@H](O)[C@@H]2O)[C@@H](O)[C@@H]1O. The van der Waals surface area contributed by atoms with Crippen LogP contribution < -0.4 is 10.6 Å². The van der Waals surface area contributed by atoms with Crippen LogP contribution in [-0.4, -0.2) is 557 Å². The largest absolute Gasteiger partial charge is 0.394 e. The molecule has 0 aromatic heterocycles. The Hall–Kier alpha value is -3.10. The number of carbonyl (C=O) groups excluding carboxylic acids is 2. The predicted octanol–water partition coefficient (Wildman–Crippen LogP) is -21.6. The van der Waals surface area contributed by atoms with Crippen LogP contribution >= 0.6 is 0 Å². The molecule has 55 nitrogen and oxygen atoms in total. The molecule has 55 atom stereocenters. The van der Waals surface area contributed by atoms with E-state index < -0.39 is 409 Å². The minimum Gasteiger partial charge on any atom is -0.394 e. The summed E-state index contributed by atoms with van der Waals surface area (Å²) in [6, 6.07) is -3.54. The second-order valence-corrected chi connectivity index (χ2v) is 32.5. The molecule has 724 valence electrons. The molecule has 25 aliphatic rings. The van der Waals surface area contributed by atoms with Gasteiger partial charge in [0.1, 0.15) is 256 Å². The summed E-state index contributed by atoms with van der Waals surface area (Å²) in [7, 11) is 0. The molecule has 25 fully saturated rings. The minimum atomic E-state index is -2.49. The van der Waals surface area contributed by atoms with Gasteiger partial charge in [-0.3, -0.25) is 9.59 Å². The van der Waals surface area contributed by atoms with E-state index in [1.807, 2.05) is 0 Å². The van der Waals surface area contributed by atoms with E-state index in [1.54, 1.807) is 0 Å². The van der Waals surface area contributed by atoms with Crippen LogP contribution in [0.3, 0.4) is 0 Å². The summed E-state index contributed by atoms with van der Waals surface area (Å²) < 4.78 is 130. The number of rotatable bonds is 19. The summed E-state index contributed by atoms with van der Waals surface area (Å²) in [4.78, 5) is 25.4. The average molecular weight is 1830 g/mol. The van der Waals surface area contributed by atoms with Gasteiger partial charge in [-0.15, -0.1) is 0 Å². The van der Waals surface area contributed by atoms with Crippen LogP contribution in [0.25, 0.3) is 0 Å². The maximum absolute atomic E-state index is 12.7. The van der Waals surface area contributed by atoms with E-state index in [-0.39, 0.29) is 0 Å². The molecule has 0 aliphatic carbocycles. The minimum absolute atomic E-state index is 0.816. The van der Waals surface area contributed by atoms with Crippen molar-refractivity contribution in [1.82, 2.24) is 10.6 Å². The number of aliphatic hydroxyl groups excluding tert-OH is 29. The van der Waals surface area contributed by atoms with Crippen molar-refractivity contribution in [3.63, 3.8) is 0 Å². The topological polar surface area (TPSA) is 848 Å². The number of hydrogen-bond donors (Lipinski definition) is 31. The molecule has 0 aromatic rings. The molecule has 2 amide bonds. The number of hydrogen-bond acceptors (Lipinski definition) is 53. The van der Waals surface area contributed by atoms with Gasteiger partial charge in [0.15, 0.2) is 69.2 Å². The maximum atomic E-state index is 12.7. The summed E-state index contributed by atoms with van der Waals surface area (Å²) >= 11 is 0. The highest BCUT2D eigenvalue weighted by atomic mass is 16.8. The van der Waals surface area contributed by atoms with Crippen LogP contribution in [0, 0.1) is 0 Å². The summed E-state index contributed by atoms with van der Waals surface area (Å²) in [5.41, 5.74) is 0. The first-order valence-corrected chi connectivity index (χ1v) is 40.3. The van der Waals surface area contributed by atoms with E-state index >= 15 is 0 Å². The van der Waals surface area contributed by atoms with Crippen molar-refractivity contribution in [2.45, 2.75) is 365 Å². The lowest BCUT2D eigenvalue weighted by Crippen LogP contribution is -2.69. The fraction of sp³-hybridized carbons (Fsp3) is 0.971. The van der Waals surface area contributed by atoms with Gasteiger partial charge in [-0.05, 0) is 13.8 Å². The van der Waals surface area contributed by atoms with Crippen molar-refractivity contribution in [2.75, 3.05) is 59.5 Å². The molecule has 31 N–H and O–H groups in total. The van der Waals surface area contributed by atoms with E-state index in [9.17, 15) is 158 Å². The third-order valence-electron chi connectivity index (χ3n) is 23.9. The number of amides is 2. The van der Waals surface area contributed by atoms with Gasteiger partial charge >= 0.3 is 0 Å². The van der Waals surface area contributed by atoms with Crippen LogP contribution in [0.4, 0.5) is 0 Å². The van der Waals surface area contributed by atoms with E-state index in [2.05, 4.69) is 10.6 Å². The zero-order valence-electron chi connectivity index (χ0n) is 66.9. The lowest BCUT2D eigenvalue weighted by molar-refractivity contribution is -0.399. The Morgan fingerprint density at radius 2 is 0.416 bits per heavy atom. The van der Waals surface area contributed by atoms with Crippen molar-refractivity contribution in [3.8, 4) is 0 Å². The molecule has 0 saturated carbocycles. The Morgan fingerprint density at radius 3 is 0.632 bits per heavy atom. The molecule has 125 heavy (non-hydrogen) atoms.